The molecule has 0 aromatic carbocycles. The molecular weight excluding hydrogens is 222 g/mol. The quantitative estimate of drug-likeness (QED) is 0.685. The highest BCUT2D eigenvalue weighted by Gasteiger charge is 2.32. The number of carboxylic acids is 1. The fourth-order valence-corrected chi connectivity index (χ4v) is 1.00. The van der Waals surface area contributed by atoms with Crippen molar-refractivity contribution in [3.63, 3.8) is 0 Å². The van der Waals surface area contributed by atoms with Gasteiger partial charge < -0.3 is 15.7 Å². The molecule has 0 radical (unpaired) electrons. The average molecular weight is 238 g/mol. The van der Waals surface area contributed by atoms with Gasteiger partial charge in [0.1, 0.15) is 6.04 Å². The summed E-state index contributed by atoms with van der Waals surface area (Å²) in [6, 6.07) is -2.05. The highest BCUT2D eigenvalue weighted by molar-refractivity contribution is 5.83. The Morgan fingerprint density at radius 2 is 1.81 bits per heavy atom. The zero-order valence-electron chi connectivity index (χ0n) is 9.38. The third-order valence-corrected chi connectivity index (χ3v) is 1.81. The molecule has 2 amide bonds. The van der Waals surface area contributed by atoms with Crippen LogP contribution in [0.25, 0.3) is 0 Å². The van der Waals surface area contributed by atoms with Crippen LogP contribution in [-0.4, -0.2) is 36.1 Å². The van der Waals surface area contributed by atoms with E-state index in [2.05, 4.69) is 5.32 Å². The third-order valence-electron chi connectivity index (χ3n) is 1.81. The van der Waals surface area contributed by atoms with E-state index in [9.17, 15) is 18.4 Å². The van der Waals surface area contributed by atoms with Gasteiger partial charge in [-0.3, -0.25) is 0 Å². The number of rotatable bonds is 4. The molecule has 0 aliphatic carbocycles. The minimum atomic E-state index is -2.66. The van der Waals surface area contributed by atoms with Crippen molar-refractivity contribution in [3.8, 4) is 0 Å². The van der Waals surface area contributed by atoms with Crippen LogP contribution in [-0.2, 0) is 4.79 Å². The normalized spacial score (nSPS) is 13.4. The fraction of sp³-hybridized carbons (Fsp3) is 0.778. The lowest BCUT2D eigenvalue weighted by atomic mass is 9.87. The monoisotopic (exact) mass is 238 g/mol. The van der Waals surface area contributed by atoms with E-state index >= 15 is 0 Å². The van der Waals surface area contributed by atoms with Crippen LogP contribution in [0.4, 0.5) is 13.6 Å². The molecule has 7 heteroatoms. The van der Waals surface area contributed by atoms with Gasteiger partial charge in [0, 0.05) is 0 Å². The van der Waals surface area contributed by atoms with Crippen LogP contribution in [0.1, 0.15) is 20.8 Å². The van der Waals surface area contributed by atoms with Crippen LogP contribution in [0.2, 0.25) is 0 Å². The summed E-state index contributed by atoms with van der Waals surface area (Å²) < 4.78 is 23.5. The molecule has 5 nitrogen and oxygen atoms in total. The summed E-state index contributed by atoms with van der Waals surface area (Å²) in [5.41, 5.74) is -0.700. The molecule has 0 aromatic heterocycles. The molecule has 94 valence electrons. The summed E-state index contributed by atoms with van der Waals surface area (Å²) in [6.45, 7) is 4.07. The Bertz CT molecular complexity index is 264. The topological polar surface area (TPSA) is 78.4 Å². The molecule has 0 saturated heterocycles. The molecule has 0 bridgehead atoms. The summed E-state index contributed by atoms with van der Waals surface area (Å²) in [6.07, 6.45) is -2.66. The van der Waals surface area contributed by atoms with E-state index in [1.54, 1.807) is 20.8 Å². The van der Waals surface area contributed by atoms with Crippen LogP contribution < -0.4 is 10.6 Å². The van der Waals surface area contributed by atoms with E-state index in [0.29, 0.717) is 0 Å². The van der Waals surface area contributed by atoms with Gasteiger partial charge in [0.25, 0.3) is 6.43 Å². The van der Waals surface area contributed by atoms with E-state index in [0.717, 1.165) is 0 Å². The number of amides is 2. The summed E-state index contributed by atoms with van der Waals surface area (Å²) in [4.78, 5) is 21.9. The second kappa shape index (κ2) is 5.62. The second-order valence-corrected chi connectivity index (χ2v) is 4.38. The molecule has 0 fully saturated rings. The Morgan fingerprint density at radius 1 is 1.31 bits per heavy atom. The highest BCUT2D eigenvalue weighted by Crippen LogP contribution is 2.19. The van der Waals surface area contributed by atoms with Crippen molar-refractivity contribution in [3.05, 3.63) is 0 Å². The van der Waals surface area contributed by atoms with Crippen molar-refractivity contribution in [2.75, 3.05) is 6.54 Å². The zero-order chi connectivity index (χ0) is 12.9. The maximum absolute atomic E-state index is 11.8. The zero-order valence-corrected chi connectivity index (χ0v) is 9.38. The number of halogens is 2. The molecule has 1 unspecified atom stereocenters. The Morgan fingerprint density at radius 3 is 2.12 bits per heavy atom. The number of carboxylic acid groups (broad SMARTS) is 1. The lowest BCUT2D eigenvalue weighted by Crippen LogP contribution is -2.52. The minimum absolute atomic E-state index is 0.700. The van der Waals surface area contributed by atoms with Gasteiger partial charge in [-0.25, -0.2) is 18.4 Å². The van der Waals surface area contributed by atoms with E-state index in [1.807, 2.05) is 5.32 Å². The van der Waals surface area contributed by atoms with Crippen molar-refractivity contribution in [2.45, 2.75) is 33.2 Å². The average Bonchev–Trinajstić information content (AvgIpc) is 2.08. The van der Waals surface area contributed by atoms with Crippen LogP contribution in [0.5, 0.6) is 0 Å². The van der Waals surface area contributed by atoms with Gasteiger partial charge in [-0.05, 0) is 5.41 Å². The standard InChI is InChI=1S/C9H16F2N2O3/c1-9(2,3)6(7(14)15)13-8(16)12-4-5(10)11/h5-6H,4H2,1-3H3,(H,14,15)(H2,12,13,16). The van der Waals surface area contributed by atoms with Gasteiger partial charge >= 0.3 is 12.0 Å². The van der Waals surface area contributed by atoms with Crippen molar-refractivity contribution in [1.29, 1.82) is 0 Å². The smallest absolute Gasteiger partial charge is 0.326 e. The van der Waals surface area contributed by atoms with Gasteiger partial charge in [-0.1, -0.05) is 20.8 Å². The number of hydrogen-bond donors (Lipinski definition) is 3. The van der Waals surface area contributed by atoms with Crippen LogP contribution in [0.15, 0.2) is 0 Å². The maximum Gasteiger partial charge on any atom is 0.326 e. The van der Waals surface area contributed by atoms with Crippen LogP contribution in [0, 0.1) is 5.41 Å². The fourth-order valence-electron chi connectivity index (χ4n) is 1.00. The van der Waals surface area contributed by atoms with Gasteiger partial charge in [-0.2, -0.15) is 0 Å². The number of alkyl halides is 2. The molecule has 16 heavy (non-hydrogen) atoms. The Balaban J connectivity index is 4.32. The predicted molar refractivity (Wildman–Crippen MR) is 53.4 cm³/mol. The first-order valence-corrected chi connectivity index (χ1v) is 4.70. The first-order valence-electron chi connectivity index (χ1n) is 4.70. The number of aliphatic carboxylic acids is 1. The summed E-state index contributed by atoms with van der Waals surface area (Å²) in [5, 5.41) is 12.8. The molecule has 0 aliphatic rings. The SMILES string of the molecule is CC(C)(C)C(NC(=O)NCC(F)F)C(=O)O. The van der Waals surface area contributed by atoms with Crippen LogP contribution >= 0.6 is 0 Å². The predicted octanol–water partition coefficient (Wildman–Crippen LogP) is 1.05. The molecule has 0 aliphatic heterocycles. The first kappa shape index (κ1) is 14.6. The van der Waals surface area contributed by atoms with Crippen molar-refractivity contribution < 1.29 is 23.5 Å². The summed E-state index contributed by atoms with van der Waals surface area (Å²) >= 11 is 0. The van der Waals surface area contributed by atoms with Crippen molar-refractivity contribution in [1.82, 2.24) is 10.6 Å². The molecular formula is C9H16F2N2O3. The van der Waals surface area contributed by atoms with Gasteiger partial charge in [0.15, 0.2) is 0 Å². The minimum Gasteiger partial charge on any atom is -0.480 e. The Kier molecular flexibility index (Phi) is 5.13. The van der Waals surface area contributed by atoms with E-state index in [1.165, 1.54) is 0 Å². The molecule has 0 heterocycles. The first-order chi connectivity index (χ1) is 7.14. The summed E-state index contributed by atoms with van der Waals surface area (Å²) in [7, 11) is 0. The van der Waals surface area contributed by atoms with Gasteiger partial charge in [0.05, 0.1) is 6.54 Å². The molecule has 1 atom stereocenters. The van der Waals surface area contributed by atoms with Crippen molar-refractivity contribution in [2.24, 2.45) is 5.41 Å². The number of urea groups is 1. The lowest BCUT2D eigenvalue weighted by molar-refractivity contribution is -0.141. The van der Waals surface area contributed by atoms with Crippen LogP contribution in [0.3, 0.4) is 0 Å². The molecule has 0 aromatic rings. The number of hydrogen-bond acceptors (Lipinski definition) is 2. The lowest BCUT2D eigenvalue weighted by Gasteiger charge is -2.27. The Labute approximate surface area is 92.2 Å². The molecule has 0 saturated carbocycles. The van der Waals surface area contributed by atoms with Crippen molar-refractivity contribution >= 4 is 12.0 Å². The molecule has 3 N–H and O–H groups in total. The third kappa shape index (κ3) is 5.47. The maximum atomic E-state index is 11.8. The number of carbonyl (C=O) groups excluding carboxylic acids is 1. The summed E-state index contributed by atoms with van der Waals surface area (Å²) in [5.74, 6) is -1.21. The highest BCUT2D eigenvalue weighted by atomic mass is 19.3. The Hall–Kier alpha value is -1.40. The van der Waals surface area contributed by atoms with E-state index in [4.69, 9.17) is 5.11 Å². The molecule has 0 rings (SSSR count). The molecule has 0 spiro atoms. The number of nitrogens with one attached hydrogen (secondary N) is 2. The van der Waals surface area contributed by atoms with Gasteiger partial charge in [0.2, 0.25) is 0 Å². The van der Waals surface area contributed by atoms with E-state index in [-0.39, 0.29) is 0 Å². The number of carbonyl (C=O) groups is 2. The van der Waals surface area contributed by atoms with E-state index < -0.39 is 36.4 Å². The van der Waals surface area contributed by atoms with Gasteiger partial charge in [-0.15, -0.1) is 0 Å². The second-order valence-electron chi connectivity index (χ2n) is 4.38. The largest absolute Gasteiger partial charge is 0.480 e.